The minimum absolute atomic E-state index is 0.0600. The Hall–Kier alpha value is -0.280. The van der Waals surface area contributed by atoms with Crippen molar-refractivity contribution in [2.75, 3.05) is 0 Å². The zero-order chi connectivity index (χ0) is 26.4. The normalized spacial score (nSPS) is 45.6. The van der Waals surface area contributed by atoms with E-state index >= 15 is 8.78 Å². The Kier molecular flexibility index (Phi) is 11.5. The summed E-state index contributed by atoms with van der Waals surface area (Å²) in [4.78, 5) is 0. The van der Waals surface area contributed by atoms with Crippen molar-refractivity contribution >= 4 is 0 Å². The van der Waals surface area contributed by atoms with Gasteiger partial charge in [0.15, 0.2) is 0 Å². The van der Waals surface area contributed by atoms with Crippen molar-refractivity contribution in [3.05, 3.63) is 0 Å². The van der Waals surface area contributed by atoms with E-state index in [0.29, 0.717) is 17.8 Å². The first-order chi connectivity index (χ1) is 17.9. The van der Waals surface area contributed by atoms with Crippen LogP contribution in [0.5, 0.6) is 0 Å². The second-order valence-electron chi connectivity index (χ2n) is 13.9. The van der Waals surface area contributed by atoms with Crippen LogP contribution in [0.2, 0.25) is 0 Å². The van der Waals surface area contributed by atoms with Gasteiger partial charge in [0.2, 0.25) is 0 Å². The maximum Gasteiger partial charge on any atom is 0.134 e. The fourth-order valence-corrected chi connectivity index (χ4v) is 9.18. The lowest BCUT2D eigenvalue weighted by Gasteiger charge is -2.45. The molecule has 216 valence electrons. The van der Waals surface area contributed by atoms with E-state index < -0.39 is 24.7 Å². The van der Waals surface area contributed by atoms with Crippen LogP contribution in [0.15, 0.2) is 0 Å². The molecule has 4 heteroatoms. The Bertz CT molecular complexity index is 638. The molecule has 4 saturated carbocycles. The SMILES string of the molecule is CCCCC1CCC(CCC2CCC(C3CCC(C4CCC(CCC)CC4)C(F)[C@H]3F)CC2)C(F)C1F. The van der Waals surface area contributed by atoms with Crippen molar-refractivity contribution < 1.29 is 17.6 Å². The van der Waals surface area contributed by atoms with Crippen molar-refractivity contribution in [2.24, 2.45) is 47.3 Å². The molecular formula is C33H56F4. The highest BCUT2D eigenvalue weighted by Crippen LogP contribution is 2.49. The van der Waals surface area contributed by atoms with E-state index in [2.05, 4.69) is 13.8 Å². The maximum atomic E-state index is 15.5. The first-order valence-corrected chi connectivity index (χ1v) is 16.5. The molecule has 4 aliphatic carbocycles. The van der Waals surface area contributed by atoms with E-state index in [1.54, 1.807) is 0 Å². The van der Waals surface area contributed by atoms with Crippen LogP contribution in [0.3, 0.4) is 0 Å². The minimum atomic E-state index is -1.29. The molecule has 0 aliphatic heterocycles. The summed E-state index contributed by atoms with van der Waals surface area (Å²) in [6.07, 6.45) is 14.1. The maximum absolute atomic E-state index is 15.5. The van der Waals surface area contributed by atoms with Gasteiger partial charge in [0.1, 0.15) is 24.7 Å². The molecule has 0 N–H and O–H groups in total. The zero-order valence-corrected chi connectivity index (χ0v) is 23.9. The third-order valence-electron chi connectivity index (χ3n) is 11.6. The standard InChI is InChI=1S/C33H56F4/c1-3-5-7-26-18-19-27(31(35)30(26)34)17-12-23-10-15-25(16-11-23)29-21-20-28(32(36)33(29)37)24-13-8-22(6-4-2)9-14-24/h22-33H,3-21H2,1-2H3/t22?,23?,24?,25?,26?,27?,28?,29?,30?,31?,32?,33-/m0/s1. The minimum Gasteiger partial charge on any atom is -0.244 e. The van der Waals surface area contributed by atoms with Gasteiger partial charge in [-0.2, -0.15) is 0 Å². The molecule has 4 aliphatic rings. The third-order valence-corrected chi connectivity index (χ3v) is 11.6. The quantitative estimate of drug-likeness (QED) is 0.247. The second kappa shape index (κ2) is 14.4. The van der Waals surface area contributed by atoms with E-state index in [0.717, 1.165) is 102 Å². The predicted octanol–water partition coefficient (Wildman–Crippen LogP) is 10.8. The number of unbranched alkanes of at least 4 members (excludes halogenated alkanes) is 1. The summed E-state index contributed by atoms with van der Waals surface area (Å²) in [5.74, 6) is 1.68. The van der Waals surface area contributed by atoms with Gasteiger partial charge in [-0.15, -0.1) is 0 Å². The molecule has 0 radical (unpaired) electrons. The van der Waals surface area contributed by atoms with Gasteiger partial charge < -0.3 is 0 Å². The largest absolute Gasteiger partial charge is 0.244 e. The highest BCUT2D eigenvalue weighted by Gasteiger charge is 2.47. The molecule has 0 aromatic rings. The Balaban J connectivity index is 1.17. The monoisotopic (exact) mass is 528 g/mol. The summed E-state index contributed by atoms with van der Waals surface area (Å²) in [6, 6.07) is 0. The van der Waals surface area contributed by atoms with Gasteiger partial charge in [-0.3, -0.25) is 0 Å². The van der Waals surface area contributed by atoms with Crippen LogP contribution in [0.25, 0.3) is 0 Å². The fourth-order valence-electron chi connectivity index (χ4n) is 9.18. The Morgan fingerprint density at radius 2 is 0.892 bits per heavy atom. The van der Waals surface area contributed by atoms with Crippen LogP contribution in [-0.4, -0.2) is 24.7 Å². The molecule has 7 unspecified atom stereocenters. The Labute approximate surface area is 225 Å². The summed E-state index contributed by atoms with van der Waals surface area (Å²) < 4.78 is 60.3. The molecule has 0 nitrogen and oxygen atoms in total. The van der Waals surface area contributed by atoms with Crippen LogP contribution in [0.4, 0.5) is 17.6 Å². The van der Waals surface area contributed by atoms with E-state index in [4.69, 9.17) is 0 Å². The lowest BCUT2D eigenvalue weighted by molar-refractivity contribution is -0.0375. The van der Waals surface area contributed by atoms with Crippen LogP contribution in [0.1, 0.15) is 136 Å². The Morgan fingerprint density at radius 1 is 0.432 bits per heavy atom. The van der Waals surface area contributed by atoms with Gasteiger partial charge in [-0.05, 0) is 112 Å². The van der Waals surface area contributed by atoms with Gasteiger partial charge in [-0.25, -0.2) is 17.6 Å². The number of hydrogen-bond acceptors (Lipinski definition) is 0. The summed E-state index contributed by atoms with van der Waals surface area (Å²) in [7, 11) is 0. The Morgan fingerprint density at radius 3 is 1.35 bits per heavy atom. The van der Waals surface area contributed by atoms with E-state index in [9.17, 15) is 8.78 Å². The summed E-state index contributed by atoms with van der Waals surface area (Å²) >= 11 is 0. The lowest BCUT2D eigenvalue weighted by Crippen LogP contribution is -2.45. The van der Waals surface area contributed by atoms with Crippen molar-refractivity contribution in [3.8, 4) is 0 Å². The molecule has 4 fully saturated rings. The molecular weight excluding hydrogens is 472 g/mol. The molecule has 4 rings (SSSR count). The molecule has 0 saturated heterocycles. The highest BCUT2D eigenvalue weighted by molar-refractivity contribution is 4.95. The first kappa shape index (κ1) is 29.7. The average molecular weight is 529 g/mol. The summed E-state index contributed by atoms with van der Waals surface area (Å²) in [5, 5.41) is 0. The van der Waals surface area contributed by atoms with Gasteiger partial charge in [0.05, 0.1) is 0 Å². The molecule has 0 bridgehead atoms. The fraction of sp³-hybridized carbons (Fsp3) is 1.00. The van der Waals surface area contributed by atoms with Gasteiger partial charge in [0, 0.05) is 0 Å². The first-order valence-electron chi connectivity index (χ1n) is 16.5. The topological polar surface area (TPSA) is 0 Å². The third kappa shape index (κ3) is 7.47. The number of alkyl halides is 4. The molecule has 0 heterocycles. The number of halogens is 4. The highest BCUT2D eigenvalue weighted by atomic mass is 19.2. The summed E-state index contributed by atoms with van der Waals surface area (Å²) in [6.45, 7) is 4.35. The second-order valence-corrected chi connectivity index (χ2v) is 13.9. The molecule has 0 aromatic heterocycles. The molecule has 37 heavy (non-hydrogen) atoms. The zero-order valence-electron chi connectivity index (χ0n) is 23.9. The van der Waals surface area contributed by atoms with Crippen LogP contribution in [0, 0.1) is 47.3 Å². The number of hydrogen-bond donors (Lipinski definition) is 0. The molecule has 8 atom stereocenters. The number of rotatable bonds is 10. The van der Waals surface area contributed by atoms with E-state index in [-0.39, 0.29) is 23.7 Å². The van der Waals surface area contributed by atoms with E-state index in [1.807, 2.05) is 0 Å². The van der Waals surface area contributed by atoms with Gasteiger partial charge in [-0.1, -0.05) is 71.6 Å². The molecule has 0 spiro atoms. The smallest absolute Gasteiger partial charge is 0.134 e. The van der Waals surface area contributed by atoms with Crippen molar-refractivity contribution in [1.29, 1.82) is 0 Å². The van der Waals surface area contributed by atoms with E-state index in [1.165, 1.54) is 25.7 Å². The summed E-state index contributed by atoms with van der Waals surface area (Å²) in [5.41, 5.74) is 0. The van der Waals surface area contributed by atoms with Gasteiger partial charge >= 0.3 is 0 Å². The van der Waals surface area contributed by atoms with Crippen molar-refractivity contribution in [1.82, 2.24) is 0 Å². The van der Waals surface area contributed by atoms with Crippen LogP contribution in [-0.2, 0) is 0 Å². The van der Waals surface area contributed by atoms with Crippen LogP contribution < -0.4 is 0 Å². The lowest BCUT2D eigenvalue weighted by atomic mass is 9.63. The van der Waals surface area contributed by atoms with Crippen LogP contribution >= 0.6 is 0 Å². The molecule has 0 amide bonds. The average Bonchev–Trinajstić information content (AvgIpc) is 2.92. The molecule has 0 aromatic carbocycles. The van der Waals surface area contributed by atoms with Crippen molar-refractivity contribution in [3.63, 3.8) is 0 Å². The predicted molar refractivity (Wildman–Crippen MR) is 147 cm³/mol. The van der Waals surface area contributed by atoms with Gasteiger partial charge in [0.25, 0.3) is 0 Å². The van der Waals surface area contributed by atoms with Crippen molar-refractivity contribution in [2.45, 2.75) is 161 Å².